The number of aliphatic imine (C=N–C) groups is 1. The van der Waals surface area contributed by atoms with Crippen molar-refractivity contribution >= 4 is 48.2 Å². The van der Waals surface area contributed by atoms with Gasteiger partial charge in [0, 0.05) is 12.3 Å². The van der Waals surface area contributed by atoms with E-state index < -0.39 is 60.2 Å². The van der Waals surface area contributed by atoms with E-state index in [-0.39, 0.29) is 37.0 Å². The average molecular weight is 506 g/mol. The van der Waals surface area contributed by atoms with Crippen LogP contribution in [0.1, 0.15) is 39.5 Å². The molecule has 0 aliphatic rings. The quantitative estimate of drug-likeness (QED) is 0.0456. The van der Waals surface area contributed by atoms with Crippen LogP contribution in [0.3, 0.4) is 0 Å². The molecular formula is C19H35N7O7S. The highest BCUT2D eigenvalue weighted by molar-refractivity contribution is 7.80. The smallest absolute Gasteiger partial charge is 0.326 e. The number of carboxylic acid groups (broad SMARTS) is 2. The number of rotatable bonds is 16. The second kappa shape index (κ2) is 15.7. The molecule has 15 heteroatoms. The monoisotopic (exact) mass is 505 g/mol. The second-order valence-electron chi connectivity index (χ2n) is 7.99. The Balaban J connectivity index is 5.17. The molecule has 0 aliphatic carbocycles. The van der Waals surface area contributed by atoms with Crippen molar-refractivity contribution in [1.82, 2.24) is 16.0 Å². The number of carbonyl (C=O) groups is 5. The van der Waals surface area contributed by atoms with Crippen LogP contribution in [0.5, 0.6) is 0 Å². The standard InChI is InChI=1S/C19H35N7O7S/c1-9(2)6-11(24-15(29)10(20)4-3-5-23-19(21)22)16(30)26-13(8-34)17(31)25-12(18(32)33)7-14(27)28/h9-13,34H,3-8,20H2,1-2H3,(H,24,29)(H,25,31)(H,26,30)(H,27,28)(H,32,33)(H4,21,22,23). The van der Waals surface area contributed by atoms with Crippen molar-refractivity contribution in [1.29, 1.82) is 0 Å². The Bertz CT molecular complexity index is 759. The summed E-state index contributed by atoms with van der Waals surface area (Å²) >= 11 is 4.00. The van der Waals surface area contributed by atoms with Crippen LogP contribution in [0.2, 0.25) is 0 Å². The highest BCUT2D eigenvalue weighted by Gasteiger charge is 2.30. The van der Waals surface area contributed by atoms with E-state index in [1.807, 2.05) is 13.8 Å². The first-order valence-electron chi connectivity index (χ1n) is 10.6. The van der Waals surface area contributed by atoms with Gasteiger partial charge in [0.2, 0.25) is 17.7 Å². The molecule has 0 aliphatic heterocycles. The lowest BCUT2D eigenvalue weighted by Crippen LogP contribution is -2.58. The summed E-state index contributed by atoms with van der Waals surface area (Å²) in [6.45, 7) is 3.94. The molecular weight excluding hydrogens is 470 g/mol. The van der Waals surface area contributed by atoms with Gasteiger partial charge in [-0.15, -0.1) is 0 Å². The predicted octanol–water partition coefficient (Wildman–Crippen LogP) is -2.64. The maximum absolute atomic E-state index is 12.8. The number of nitrogens with zero attached hydrogens (tertiary/aromatic N) is 1. The number of guanidine groups is 1. The van der Waals surface area contributed by atoms with E-state index in [4.69, 9.17) is 27.4 Å². The summed E-state index contributed by atoms with van der Waals surface area (Å²) in [6.07, 6.45) is 0.0916. The van der Waals surface area contributed by atoms with Gasteiger partial charge in [-0.2, -0.15) is 12.6 Å². The zero-order valence-corrected chi connectivity index (χ0v) is 20.1. The molecule has 14 nitrogen and oxygen atoms in total. The molecule has 0 rings (SSSR count). The van der Waals surface area contributed by atoms with Crippen LogP contribution in [-0.2, 0) is 24.0 Å². The van der Waals surface area contributed by atoms with Crippen molar-refractivity contribution in [3.05, 3.63) is 0 Å². The predicted molar refractivity (Wildman–Crippen MR) is 127 cm³/mol. The van der Waals surface area contributed by atoms with Gasteiger partial charge in [0.15, 0.2) is 5.96 Å². The average Bonchev–Trinajstić information content (AvgIpc) is 2.72. The van der Waals surface area contributed by atoms with E-state index in [0.717, 1.165) is 0 Å². The first-order chi connectivity index (χ1) is 15.8. The number of nitrogens with one attached hydrogen (secondary N) is 3. The number of nitrogens with two attached hydrogens (primary N) is 3. The van der Waals surface area contributed by atoms with Crippen molar-refractivity contribution in [2.75, 3.05) is 12.3 Å². The van der Waals surface area contributed by atoms with Crippen LogP contribution in [0.15, 0.2) is 4.99 Å². The molecule has 0 saturated heterocycles. The van der Waals surface area contributed by atoms with Gasteiger partial charge in [0.05, 0.1) is 12.5 Å². The number of amides is 3. The molecule has 4 unspecified atom stereocenters. The Morgan fingerprint density at radius 3 is 1.91 bits per heavy atom. The topological polar surface area (TPSA) is 252 Å². The first kappa shape index (κ1) is 30.9. The zero-order chi connectivity index (χ0) is 26.4. The van der Waals surface area contributed by atoms with Crippen LogP contribution >= 0.6 is 12.6 Å². The summed E-state index contributed by atoms with van der Waals surface area (Å²) < 4.78 is 0. The maximum Gasteiger partial charge on any atom is 0.326 e. The third kappa shape index (κ3) is 12.8. The van der Waals surface area contributed by atoms with Crippen molar-refractivity contribution in [3.8, 4) is 0 Å². The largest absolute Gasteiger partial charge is 0.481 e. The van der Waals surface area contributed by atoms with Crippen LogP contribution < -0.4 is 33.2 Å². The molecule has 0 fully saturated rings. The van der Waals surface area contributed by atoms with Gasteiger partial charge in [-0.1, -0.05) is 13.8 Å². The molecule has 11 N–H and O–H groups in total. The minimum atomic E-state index is -1.69. The summed E-state index contributed by atoms with van der Waals surface area (Å²) in [5.74, 6) is -5.46. The molecule has 0 aromatic heterocycles. The first-order valence-corrected chi connectivity index (χ1v) is 11.2. The summed E-state index contributed by atoms with van der Waals surface area (Å²) in [5, 5.41) is 24.9. The van der Waals surface area contributed by atoms with E-state index in [9.17, 15) is 24.0 Å². The number of aliphatic carboxylic acids is 2. The van der Waals surface area contributed by atoms with Crippen LogP contribution in [-0.4, -0.2) is 82.3 Å². The fourth-order valence-corrected chi connectivity index (χ4v) is 3.00. The number of hydrogen-bond donors (Lipinski definition) is 9. The molecule has 0 heterocycles. The van der Waals surface area contributed by atoms with E-state index in [1.54, 1.807) is 0 Å². The summed E-state index contributed by atoms with van der Waals surface area (Å²) in [5.41, 5.74) is 16.3. The normalized spacial score (nSPS) is 14.3. The molecule has 3 amide bonds. The lowest BCUT2D eigenvalue weighted by atomic mass is 10.0. The third-order valence-corrected chi connectivity index (χ3v) is 4.82. The molecule has 0 aromatic rings. The van der Waals surface area contributed by atoms with Gasteiger partial charge >= 0.3 is 11.9 Å². The SMILES string of the molecule is CC(C)CC(NC(=O)C(N)CCCN=C(N)N)C(=O)NC(CS)C(=O)NC(CC(=O)O)C(=O)O. The van der Waals surface area contributed by atoms with E-state index in [1.165, 1.54) is 0 Å². The van der Waals surface area contributed by atoms with Gasteiger partial charge in [-0.3, -0.25) is 24.2 Å². The number of carboxylic acids is 2. The highest BCUT2D eigenvalue weighted by atomic mass is 32.1. The van der Waals surface area contributed by atoms with Crippen LogP contribution in [0.4, 0.5) is 0 Å². The van der Waals surface area contributed by atoms with Crippen molar-refractivity contribution in [3.63, 3.8) is 0 Å². The Labute approximate surface area is 202 Å². The molecule has 4 atom stereocenters. The Kier molecular flexibility index (Phi) is 14.3. The molecule has 0 spiro atoms. The minimum absolute atomic E-state index is 0.00984. The summed E-state index contributed by atoms with van der Waals surface area (Å²) in [4.78, 5) is 63.5. The maximum atomic E-state index is 12.8. The fraction of sp³-hybridized carbons (Fsp3) is 0.684. The Hall–Kier alpha value is -3.07. The highest BCUT2D eigenvalue weighted by Crippen LogP contribution is 2.07. The summed E-state index contributed by atoms with van der Waals surface area (Å²) in [6, 6.07) is -4.91. The molecule has 0 radical (unpaired) electrons. The fourth-order valence-electron chi connectivity index (χ4n) is 2.75. The van der Waals surface area contributed by atoms with Gasteiger partial charge in [0.1, 0.15) is 18.1 Å². The van der Waals surface area contributed by atoms with Crippen LogP contribution in [0, 0.1) is 5.92 Å². The van der Waals surface area contributed by atoms with E-state index >= 15 is 0 Å². The van der Waals surface area contributed by atoms with Crippen molar-refractivity contribution in [2.45, 2.75) is 63.7 Å². The number of carbonyl (C=O) groups excluding carboxylic acids is 3. The van der Waals surface area contributed by atoms with Gasteiger partial charge in [-0.25, -0.2) is 4.79 Å². The zero-order valence-electron chi connectivity index (χ0n) is 19.2. The Morgan fingerprint density at radius 2 is 1.44 bits per heavy atom. The van der Waals surface area contributed by atoms with Crippen molar-refractivity contribution < 1.29 is 34.2 Å². The molecule has 0 bridgehead atoms. The van der Waals surface area contributed by atoms with Gasteiger partial charge in [0.25, 0.3) is 0 Å². The lowest BCUT2D eigenvalue weighted by Gasteiger charge is -2.25. The minimum Gasteiger partial charge on any atom is -0.481 e. The van der Waals surface area contributed by atoms with Crippen molar-refractivity contribution in [2.24, 2.45) is 28.1 Å². The lowest BCUT2D eigenvalue weighted by molar-refractivity contribution is -0.147. The number of hydrogen-bond acceptors (Lipinski definition) is 8. The van der Waals surface area contributed by atoms with E-state index in [0.29, 0.717) is 6.42 Å². The molecule has 0 aromatic carbocycles. The molecule has 0 saturated carbocycles. The number of thiol groups is 1. The van der Waals surface area contributed by atoms with Gasteiger partial charge < -0.3 is 43.4 Å². The Morgan fingerprint density at radius 1 is 0.912 bits per heavy atom. The molecule has 194 valence electrons. The second-order valence-corrected chi connectivity index (χ2v) is 8.35. The van der Waals surface area contributed by atoms with Crippen LogP contribution in [0.25, 0.3) is 0 Å². The third-order valence-electron chi connectivity index (χ3n) is 4.45. The van der Waals surface area contributed by atoms with E-state index in [2.05, 4.69) is 33.6 Å². The summed E-state index contributed by atoms with van der Waals surface area (Å²) in [7, 11) is 0. The van der Waals surface area contributed by atoms with Gasteiger partial charge in [-0.05, 0) is 25.2 Å². The molecule has 34 heavy (non-hydrogen) atoms.